The number of hydrogen-bond acceptors (Lipinski definition) is 3. The predicted octanol–water partition coefficient (Wildman–Crippen LogP) is 1.32. The van der Waals surface area contributed by atoms with E-state index in [1.54, 1.807) is 16.2 Å². The van der Waals surface area contributed by atoms with Crippen molar-refractivity contribution in [3.05, 3.63) is 17.5 Å². The average Bonchev–Trinajstić information content (AvgIpc) is 2.87. The lowest BCUT2D eigenvalue weighted by Gasteiger charge is -2.18. The molecule has 1 aromatic heterocycles. The van der Waals surface area contributed by atoms with Gasteiger partial charge in [-0.05, 0) is 30.5 Å². The van der Waals surface area contributed by atoms with Gasteiger partial charge in [0.1, 0.15) is 0 Å². The summed E-state index contributed by atoms with van der Waals surface area (Å²) < 4.78 is 0. The quantitative estimate of drug-likeness (QED) is 0.798. The Hall–Kier alpha value is -0.870. The van der Waals surface area contributed by atoms with Gasteiger partial charge in [-0.1, -0.05) is 0 Å². The minimum absolute atomic E-state index is 0.169. The van der Waals surface area contributed by atoms with Gasteiger partial charge in [0.25, 0.3) is 0 Å². The third kappa shape index (κ3) is 1.81. The first-order valence-electron chi connectivity index (χ1n) is 4.81. The minimum Gasteiger partial charge on any atom is -0.316 e. The number of nitrogens with zero attached hydrogens (tertiary/aromatic N) is 1. The zero-order valence-electron chi connectivity index (χ0n) is 8.19. The van der Waals surface area contributed by atoms with Gasteiger partial charge in [-0.25, -0.2) is 0 Å². The van der Waals surface area contributed by atoms with Crippen LogP contribution in [-0.4, -0.2) is 26.0 Å². The maximum Gasteiger partial charge on any atom is 0.231 e. The number of rotatable bonds is 2. The molecule has 2 rings (SSSR count). The first-order chi connectivity index (χ1) is 6.79. The Balaban J connectivity index is 2.04. The summed E-state index contributed by atoms with van der Waals surface area (Å²) in [6.45, 7) is 1.79. The Morgan fingerprint density at radius 1 is 1.71 bits per heavy atom. The molecule has 1 fully saturated rings. The summed E-state index contributed by atoms with van der Waals surface area (Å²) in [7, 11) is 1.85. The number of carbonyl (C=O) groups is 1. The maximum atomic E-state index is 11.9. The van der Waals surface area contributed by atoms with E-state index in [2.05, 4.69) is 5.32 Å². The van der Waals surface area contributed by atoms with Crippen molar-refractivity contribution < 1.29 is 4.79 Å². The lowest BCUT2D eigenvalue weighted by atomic mass is 10.1. The Kier molecular flexibility index (Phi) is 2.84. The lowest BCUT2D eigenvalue weighted by molar-refractivity contribution is -0.121. The van der Waals surface area contributed by atoms with Crippen LogP contribution >= 0.6 is 11.3 Å². The normalized spacial score (nSPS) is 21.1. The van der Waals surface area contributed by atoms with Crippen molar-refractivity contribution in [2.45, 2.75) is 6.42 Å². The second kappa shape index (κ2) is 4.11. The molecule has 1 amide bonds. The summed E-state index contributed by atoms with van der Waals surface area (Å²) in [6.07, 6.45) is 0.967. The molecule has 0 bridgehead atoms. The number of amides is 1. The molecule has 0 radical (unpaired) electrons. The molecular weight excluding hydrogens is 196 g/mol. The van der Waals surface area contributed by atoms with E-state index in [1.165, 1.54) is 0 Å². The van der Waals surface area contributed by atoms with Crippen molar-refractivity contribution in [1.29, 1.82) is 0 Å². The molecule has 0 aliphatic carbocycles. The molecule has 1 unspecified atom stereocenters. The van der Waals surface area contributed by atoms with Crippen LogP contribution in [0.1, 0.15) is 6.42 Å². The predicted molar refractivity (Wildman–Crippen MR) is 58.7 cm³/mol. The van der Waals surface area contributed by atoms with Crippen LogP contribution in [0, 0.1) is 5.92 Å². The second-order valence-corrected chi connectivity index (χ2v) is 4.46. The molecule has 14 heavy (non-hydrogen) atoms. The van der Waals surface area contributed by atoms with Gasteiger partial charge in [0.2, 0.25) is 5.91 Å². The number of carbonyl (C=O) groups excluding carboxylic acids is 1. The third-order valence-corrected chi connectivity index (χ3v) is 3.52. The van der Waals surface area contributed by atoms with Crippen LogP contribution in [0.2, 0.25) is 0 Å². The van der Waals surface area contributed by atoms with Gasteiger partial charge in [0.15, 0.2) is 0 Å². The van der Waals surface area contributed by atoms with E-state index in [0.29, 0.717) is 0 Å². The summed E-state index contributed by atoms with van der Waals surface area (Å²) >= 11 is 1.60. The molecule has 2 heterocycles. The Morgan fingerprint density at radius 2 is 2.57 bits per heavy atom. The summed E-state index contributed by atoms with van der Waals surface area (Å²) in [5.41, 5.74) is 0. The van der Waals surface area contributed by atoms with Gasteiger partial charge >= 0.3 is 0 Å². The molecular formula is C10H14N2OS. The molecule has 1 atom stereocenters. The van der Waals surface area contributed by atoms with Crippen LogP contribution < -0.4 is 10.2 Å². The molecule has 0 saturated carbocycles. The van der Waals surface area contributed by atoms with Crippen molar-refractivity contribution in [2.24, 2.45) is 5.92 Å². The molecule has 76 valence electrons. The fraction of sp³-hybridized carbons (Fsp3) is 0.500. The van der Waals surface area contributed by atoms with Crippen molar-refractivity contribution in [2.75, 3.05) is 25.0 Å². The molecule has 4 heteroatoms. The van der Waals surface area contributed by atoms with E-state index < -0.39 is 0 Å². The average molecular weight is 210 g/mol. The highest BCUT2D eigenvalue weighted by atomic mass is 32.1. The Bertz CT molecular complexity index is 304. The van der Waals surface area contributed by atoms with Crippen LogP contribution in [0.4, 0.5) is 5.00 Å². The number of thiophene rings is 1. The van der Waals surface area contributed by atoms with Crippen LogP contribution in [-0.2, 0) is 4.79 Å². The molecule has 1 aromatic rings. The molecule has 1 saturated heterocycles. The molecule has 0 aromatic carbocycles. The van der Waals surface area contributed by atoms with E-state index in [1.807, 2.05) is 24.6 Å². The van der Waals surface area contributed by atoms with Gasteiger partial charge in [-0.15, -0.1) is 11.3 Å². The molecule has 1 aliphatic rings. The lowest BCUT2D eigenvalue weighted by Crippen LogP contribution is -2.33. The number of hydrogen-bond donors (Lipinski definition) is 1. The SMILES string of the molecule is CN(C(=O)C1CCNC1)c1cccs1. The number of anilines is 1. The van der Waals surface area contributed by atoms with Crippen LogP contribution in [0.25, 0.3) is 0 Å². The molecule has 3 nitrogen and oxygen atoms in total. The maximum absolute atomic E-state index is 11.9. The van der Waals surface area contributed by atoms with Crippen LogP contribution in [0.15, 0.2) is 17.5 Å². The molecule has 0 spiro atoms. The summed E-state index contributed by atoms with van der Waals surface area (Å²) in [5, 5.41) is 6.23. The van der Waals surface area contributed by atoms with Gasteiger partial charge < -0.3 is 10.2 Å². The molecule has 1 N–H and O–H groups in total. The van der Waals surface area contributed by atoms with E-state index in [0.717, 1.165) is 24.5 Å². The van der Waals surface area contributed by atoms with Crippen molar-refractivity contribution in [3.8, 4) is 0 Å². The topological polar surface area (TPSA) is 32.3 Å². The number of nitrogens with one attached hydrogen (secondary N) is 1. The summed E-state index contributed by atoms with van der Waals surface area (Å²) in [6, 6.07) is 3.95. The van der Waals surface area contributed by atoms with E-state index in [9.17, 15) is 4.79 Å². The zero-order chi connectivity index (χ0) is 9.97. The van der Waals surface area contributed by atoms with Crippen molar-refractivity contribution >= 4 is 22.2 Å². The fourth-order valence-corrected chi connectivity index (χ4v) is 2.41. The van der Waals surface area contributed by atoms with Crippen molar-refractivity contribution in [1.82, 2.24) is 5.32 Å². The Morgan fingerprint density at radius 3 is 3.14 bits per heavy atom. The third-order valence-electron chi connectivity index (χ3n) is 2.58. The molecule has 1 aliphatic heterocycles. The standard InChI is InChI=1S/C10H14N2OS/c1-12(9-3-2-6-14-9)10(13)8-4-5-11-7-8/h2-3,6,8,11H,4-5,7H2,1H3. The summed E-state index contributed by atoms with van der Waals surface area (Å²) in [5.74, 6) is 0.402. The first-order valence-corrected chi connectivity index (χ1v) is 5.69. The highest BCUT2D eigenvalue weighted by molar-refractivity contribution is 7.14. The zero-order valence-corrected chi connectivity index (χ0v) is 9.01. The van der Waals surface area contributed by atoms with Gasteiger partial charge in [0, 0.05) is 13.6 Å². The first kappa shape index (κ1) is 9.68. The van der Waals surface area contributed by atoms with Gasteiger partial charge in [0.05, 0.1) is 10.9 Å². The summed E-state index contributed by atoms with van der Waals surface area (Å²) in [4.78, 5) is 13.7. The Labute approximate surface area is 87.7 Å². The van der Waals surface area contributed by atoms with Gasteiger partial charge in [-0.2, -0.15) is 0 Å². The second-order valence-electron chi connectivity index (χ2n) is 3.54. The van der Waals surface area contributed by atoms with E-state index in [4.69, 9.17) is 0 Å². The monoisotopic (exact) mass is 210 g/mol. The highest BCUT2D eigenvalue weighted by Gasteiger charge is 2.26. The smallest absolute Gasteiger partial charge is 0.231 e. The van der Waals surface area contributed by atoms with E-state index >= 15 is 0 Å². The highest BCUT2D eigenvalue weighted by Crippen LogP contribution is 2.22. The fourth-order valence-electron chi connectivity index (χ4n) is 1.71. The van der Waals surface area contributed by atoms with Gasteiger partial charge in [-0.3, -0.25) is 4.79 Å². The largest absolute Gasteiger partial charge is 0.316 e. The van der Waals surface area contributed by atoms with E-state index in [-0.39, 0.29) is 11.8 Å². The van der Waals surface area contributed by atoms with Crippen LogP contribution in [0.3, 0.4) is 0 Å². The van der Waals surface area contributed by atoms with Crippen LogP contribution in [0.5, 0.6) is 0 Å². The van der Waals surface area contributed by atoms with Crippen molar-refractivity contribution in [3.63, 3.8) is 0 Å². The minimum atomic E-state index is 0.169.